The van der Waals surface area contributed by atoms with Crippen LogP contribution in [0.4, 0.5) is 5.69 Å². The van der Waals surface area contributed by atoms with E-state index in [1.165, 1.54) is 5.56 Å². The van der Waals surface area contributed by atoms with Gasteiger partial charge in [0.2, 0.25) is 11.8 Å². The van der Waals surface area contributed by atoms with Gasteiger partial charge < -0.3 is 10.6 Å². The van der Waals surface area contributed by atoms with Crippen molar-refractivity contribution in [1.29, 1.82) is 0 Å². The van der Waals surface area contributed by atoms with E-state index >= 15 is 0 Å². The SMILES string of the molecule is NC(=O)c1cccc2cn(-c3ccc(C4CCN(c5ccc6c(c5)C(=O)N(C5CCC(=O)NC5=O)C6=O)CC4)cc3)nc12. The molecular weight excluding hydrogens is 548 g/mol. The minimum atomic E-state index is -0.976. The molecule has 3 aromatic carbocycles. The van der Waals surface area contributed by atoms with Gasteiger partial charge in [-0.2, -0.15) is 5.10 Å². The van der Waals surface area contributed by atoms with Gasteiger partial charge in [0.25, 0.3) is 17.7 Å². The van der Waals surface area contributed by atoms with Crippen LogP contribution in [0.3, 0.4) is 0 Å². The van der Waals surface area contributed by atoms with E-state index in [1.54, 1.807) is 28.9 Å². The molecule has 4 aromatic rings. The molecule has 1 atom stereocenters. The average molecular weight is 577 g/mol. The van der Waals surface area contributed by atoms with Crippen LogP contribution in [-0.4, -0.2) is 63.3 Å². The number of hydrogen-bond donors (Lipinski definition) is 2. The number of nitrogens with two attached hydrogens (primary N) is 1. The van der Waals surface area contributed by atoms with Crippen LogP contribution in [-0.2, 0) is 9.59 Å². The maximum Gasteiger partial charge on any atom is 0.262 e. The Morgan fingerprint density at radius 1 is 0.860 bits per heavy atom. The Labute approximate surface area is 246 Å². The maximum atomic E-state index is 13.2. The summed E-state index contributed by atoms with van der Waals surface area (Å²) in [5.74, 6) is -2.15. The maximum absolute atomic E-state index is 13.2. The molecule has 7 rings (SSSR count). The predicted octanol–water partition coefficient (Wildman–Crippen LogP) is 2.91. The smallest absolute Gasteiger partial charge is 0.262 e. The number of carbonyl (C=O) groups excluding carboxylic acids is 5. The van der Waals surface area contributed by atoms with E-state index in [-0.39, 0.29) is 18.4 Å². The first kappa shape index (κ1) is 26.6. The summed E-state index contributed by atoms with van der Waals surface area (Å²) in [4.78, 5) is 65.1. The van der Waals surface area contributed by atoms with E-state index in [1.807, 2.05) is 30.5 Å². The van der Waals surface area contributed by atoms with Gasteiger partial charge in [-0.05, 0) is 67.1 Å². The van der Waals surface area contributed by atoms with Crippen LogP contribution < -0.4 is 16.0 Å². The first-order valence-electron chi connectivity index (χ1n) is 14.3. The fourth-order valence-electron chi connectivity index (χ4n) is 6.40. The van der Waals surface area contributed by atoms with Crippen molar-refractivity contribution in [2.24, 2.45) is 5.73 Å². The lowest BCUT2D eigenvalue weighted by Gasteiger charge is -2.34. The number of aromatic nitrogens is 2. The lowest BCUT2D eigenvalue weighted by molar-refractivity contribution is -0.136. The Hall–Kier alpha value is -5.32. The number of amides is 5. The molecule has 0 spiro atoms. The first-order valence-corrected chi connectivity index (χ1v) is 14.3. The van der Waals surface area contributed by atoms with Gasteiger partial charge >= 0.3 is 0 Å². The summed E-state index contributed by atoms with van der Waals surface area (Å²) in [5, 5.41) is 7.66. The van der Waals surface area contributed by atoms with Crippen molar-refractivity contribution in [2.75, 3.05) is 18.0 Å². The van der Waals surface area contributed by atoms with Crippen molar-refractivity contribution in [2.45, 2.75) is 37.6 Å². The molecule has 1 aromatic heterocycles. The number of hydrogen-bond acceptors (Lipinski definition) is 7. The van der Waals surface area contributed by atoms with Gasteiger partial charge in [0, 0.05) is 36.8 Å². The van der Waals surface area contributed by atoms with Gasteiger partial charge in [0.1, 0.15) is 11.6 Å². The summed E-state index contributed by atoms with van der Waals surface area (Å²) in [6.45, 7) is 1.56. The van der Waals surface area contributed by atoms with Crippen molar-refractivity contribution >= 4 is 46.1 Å². The second-order valence-corrected chi connectivity index (χ2v) is 11.2. The molecule has 43 heavy (non-hydrogen) atoms. The molecule has 216 valence electrons. The number of rotatable bonds is 5. The summed E-state index contributed by atoms with van der Waals surface area (Å²) in [5.41, 5.74) is 10.0. The number of fused-ring (bicyclic) bond motifs is 2. The fourth-order valence-corrected chi connectivity index (χ4v) is 6.40. The number of nitrogens with one attached hydrogen (secondary N) is 1. The Kier molecular flexibility index (Phi) is 6.30. The van der Waals surface area contributed by atoms with Crippen LogP contribution in [0.5, 0.6) is 0 Å². The quantitative estimate of drug-likeness (QED) is 0.347. The second kappa shape index (κ2) is 10.2. The third kappa shape index (κ3) is 4.53. The normalized spacial score (nSPS) is 19.2. The fraction of sp³-hybridized carbons (Fsp3) is 0.250. The molecular formula is C32H28N6O5. The van der Waals surface area contributed by atoms with Crippen molar-refractivity contribution < 1.29 is 24.0 Å². The van der Waals surface area contributed by atoms with Crippen LogP contribution in [0, 0.1) is 0 Å². The van der Waals surface area contributed by atoms with Gasteiger partial charge in [-0.3, -0.25) is 34.2 Å². The molecule has 2 saturated heterocycles. The Morgan fingerprint density at radius 2 is 1.58 bits per heavy atom. The van der Waals surface area contributed by atoms with Crippen LogP contribution in [0.1, 0.15) is 68.2 Å². The number of anilines is 1. The lowest BCUT2D eigenvalue weighted by Crippen LogP contribution is -2.54. The monoisotopic (exact) mass is 576 g/mol. The van der Waals surface area contributed by atoms with Gasteiger partial charge in [0.15, 0.2) is 0 Å². The Balaban J connectivity index is 1.03. The number of carbonyl (C=O) groups is 5. The molecule has 11 heteroatoms. The van der Waals surface area contributed by atoms with Crippen molar-refractivity contribution in [1.82, 2.24) is 20.0 Å². The van der Waals surface area contributed by atoms with Crippen molar-refractivity contribution in [3.8, 4) is 5.69 Å². The van der Waals surface area contributed by atoms with E-state index < -0.39 is 35.6 Å². The van der Waals surface area contributed by atoms with Crippen LogP contribution in [0.2, 0.25) is 0 Å². The van der Waals surface area contributed by atoms with Crippen molar-refractivity contribution in [3.63, 3.8) is 0 Å². The summed E-state index contributed by atoms with van der Waals surface area (Å²) < 4.78 is 1.75. The van der Waals surface area contributed by atoms with E-state index in [0.29, 0.717) is 22.6 Å². The number of nitrogens with zero attached hydrogens (tertiary/aromatic N) is 4. The first-order chi connectivity index (χ1) is 20.8. The molecule has 3 aliphatic heterocycles. The van der Waals surface area contributed by atoms with Crippen LogP contribution in [0.15, 0.2) is 66.9 Å². The molecule has 0 aliphatic carbocycles. The highest BCUT2D eigenvalue weighted by molar-refractivity contribution is 6.23. The second-order valence-electron chi connectivity index (χ2n) is 11.2. The molecule has 0 bridgehead atoms. The highest BCUT2D eigenvalue weighted by Crippen LogP contribution is 2.34. The third-order valence-corrected chi connectivity index (χ3v) is 8.71. The number of benzene rings is 3. The van der Waals surface area contributed by atoms with Crippen molar-refractivity contribution in [3.05, 3.63) is 89.1 Å². The highest BCUT2D eigenvalue weighted by atomic mass is 16.2. The molecule has 4 heterocycles. The van der Waals surface area contributed by atoms with E-state index in [9.17, 15) is 24.0 Å². The molecule has 0 saturated carbocycles. The average Bonchev–Trinajstić information content (AvgIpc) is 3.56. The largest absolute Gasteiger partial charge is 0.371 e. The minimum Gasteiger partial charge on any atom is -0.371 e. The third-order valence-electron chi connectivity index (χ3n) is 8.71. The van der Waals surface area contributed by atoms with Gasteiger partial charge in [-0.1, -0.05) is 24.3 Å². The van der Waals surface area contributed by atoms with Crippen LogP contribution >= 0.6 is 0 Å². The zero-order chi connectivity index (χ0) is 29.8. The molecule has 2 fully saturated rings. The topological polar surface area (TPSA) is 148 Å². The predicted molar refractivity (Wildman–Crippen MR) is 157 cm³/mol. The lowest BCUT2D eigenvalue weighted by atomic mass is 9.89. The van der Waals surface area contributed by atoms with Crippen LogP contribution in [0.25, 0.3) is 16.6 Å². The molecule has 5 amide bonds. The molecule has 0 radical (unpaired) electrons. The summed E-state index contributed by atoms with van der Waals surface area (Å²) in [6, 6.07) is 17.9. The number of primary amides is 1. The summed E-state index contributed by atoms with van der Waals surface area (Å²) in [6.07, 6.45) is 3.93. The minimum absolute atomic E-state index is 0.0881. The van der Waals surface area contributed by atoms with E-state index in [2.05, 4.69) is 27.4 Å². The molecule has 3 aliphatic rings. The number of imide groups is 2. The molecule has 1 unspecified atom stereocenters. The summed E-state index contributed by atoms with van der Waals surface area (Å²) >= 11 is 0. The standard InChI is InChI=1S/C32H28N6O5/c33-29(40)24-3-1-2-20-17-37(35-28(20)24)21-6-4-18(5-7-21)19-12-14-36(15-13-19)22-8-9-23-25(16-22)32(43)38(31(23)42)26-10-11-27(39)34-30(26)41/h1-9,16-17,19,26H,10-15H2,(H2,33,40)(H,34,39,41). The van der Waals surface area contributed by atoms with E-state index in [0.717, 1.165) is 47.6 Å². The van der Waals surface area contributed by atoms with Gasteiger partial charge in [-0.25, -0.2) is 4.68 Å². The van der Waals surface area contributed by atoms with Gasteiger partial charge in [0.05, 0.1) is 22.4 Å². The summed E-state index contributed by atoms with van der Waals surface area (Å²) in [7, 11) is 0. The zero-order valence-electron chi connectivity index (χ0n) is 23.2. The zero-order valence-corrected chi connectivity index (χ0v) is 23.2. The molecule has 11 nitrogen and oxygen atoms in total. The highest BCUT2D eigenvalue weighted by Gasteiger charge is 2.44. The Bertz CT molecular complexity index is 1840. The molecule has 3 N–H and O–H groups in total. The van der Waals surface area contributed by atoms with E-state index in [4.69, 9.17) is 5.73 Å². The Morgan fingerprint density at radius 3 is 2.30 bits per heavy atom. The number of piperidine rings is 2. The van der Waals surface area contributed by atoms with Gasteiger partial charge in [-0.15, -0.1) is 0 Å².